The molecule has 0 saturated carbocycles. The molecule has 0 amide bonds. The zero-order valence-electron chi connectivity index (χ0n) is 11.6. The topological polar surface area (TPSA) is 47.0 Å². The van der Waals surface area contributed by atoms with Crippen LogP contribution in [0.4, 0.5) is 0 Å². The predicted octanol–water partition coefficient (Wildman–Crippen LogP) is 3.76. The second-order valence-electron chi connectivity index (χ2n) is 4.77. The van der Waals surface area contributed by atoms with Gasteiger partial charge in [-0.15, -0.1) is 0 Å². The number of rotatable bonds is 4. The summed E-state index contributed by atoms with van der Waals surface area (Å²) in [4.78, 5) is 15.0. The Kier molecular flexibility index (Phi) is 3.71. The van der Waals surface area contributed by atoms with Gasteiger partial charge in [0.05, 0.1) is 23.3 Å². The smallest absolute Gasteiger partial charge is 0.331 e. The third-order valence-corrected chi connectivity index (χ3v) is 3.45. The first-order chi connectivity index (χ1) is 10.2. The van der Waals surface area contributed by atoms with Gasteiger partial charge in [0.15, 0.2) is 0 Å². The van der Waals surface area contributed by atoms with Crippen LogP contribution in [-0.4, -0.2) is 16.2 Å². The van der Waals surface area contributed by atoms with Gasteiger partial charge in [-0.1, -0.05) is 18.5 Å². The second kappa shape index (κ2) is 5.66. The molecule has 0 aliphatic heterocycles. The van der Waals surface area contributed by atoms with Crippen molar-refractivity contribution in [3.05, 3.63) is 58.0 Å². The number of fused-ring (bicyclic) bond motifs is 1. The third kappa shape index (κ3) is 2.67. The van der Waals surface area contributed by atoms with Crippen molar-refractivity contribution in [1.29, 1.82) is 0 Å². The summed E-state index contributed by atoms with van der Waals surface area (Å²) in [6.07, 6.45) is 0.960. The molecule has 0 atom stereocenters. The highest BCUT2D eigenvalue weighted by Gasteiger charge is 2.09. The van der Waals surface area contributed by atoms with Crippen LogP contribution in [0.5, 0.6) is 5.75 Å². The number of hydrogen-bond acceptors (Lipinski definition) is 2. The Hall–Kier alpha value is -2.20. The summed E-state index contributed by atoms with van der Waals surface area (Å²) in [7, 11) is 0. The highest BCUT2D eigenvalue weighted by atomic mass is 35.5. The van der Waals surface area contributed by atoms with E-state index in [1.165, 1.54) is 0 Å². The molecule has 0 bridgehead atoms. The molecule has 0 saturated heterocycles. The minimum absolute atomic E-state index is 0.186. The number of halogens is 1. The third-order valence-electron chi connectivity index (χ3n) is 3.21. The van der Waals surface area contributed by atoms with Crippen molar-refractivity contribution in [1.82, 2.24) is 9.55 Å². The lowest BCUT2D eigenvalue weighted by molar-refractivity contribution is 0.317. The lowest BCUT2D eigenvalue weighted by atomic mass is 10.2. The van der Waals surface area contributed by atoms with Crippen molar-refractivity contribution >= 4 is 22.6 Å². The van der Waals surface area contributed by atoms with Crippen LogP contribution in [0.3, 0.4) is 0 Å². The van der Waals surface area contributed by atoms with Crippen LogP contribution in [0, 0.1) is 0 Å². The Morgan fingerprint density at radius 3 is 2.67 bits per heavy atom. The number of aromatic amines is 1. The van der Waals surface area contributed by atoms with Crippen LogP contribution in [0.1, 0.15) is 13.3 Å². The summed E-state index contributed by atoms with van der Waals surface area (Å²) in [6.45, 7) is 2.74. The highest BCUT2D eigenvalue weighted by Crippen LogP contribution is 2.21. The number of imidazole rings is 1. The van der Waals surface area contributed by atoms with Crippen LogP contribution in [-0.2, 0) is 0 Å². The fourth-order valence-electron chi connectivity index (χ4n) is 2.24. The summed E-state index contributed by atoms with van der Waals surface area (Å²) in [5.74, 6) is 0.798. The Morgan fingerprint density at radius 1 is 1.19 bits per heavy atom. The van der Waals surface area contributed by atoms with E-state index in [9.17, 15) is 4.79 Å². The monoisotopic (exact) mass is 302 g/mol. The van der Waals surface area contributed by atoms with Crippen molar-refractivity contribution in [2.24, 2.45) is 0 Å². The Bertz CT molecular complexity index is 818. The van der Waals surface area contributed by atoms with E-state index in [1.54, 1.807) is 22.8 Å². The fourth-order valence-corrected chi connectivity index (χ4v) is 2.41. The van der Waals surface area contributed by atoms with Gasteiger partial charge in [-0.05, 0) is 48.9 Å². The van der Waals surface area contributed by atoms with Gasteiger partial charge >= 0.3 is 5.69 Å². The van der Waals surface area contributed by atoms with Gasteiger partial charge in [-0.3, -0.25) is 4.57 Å². The Balaban J connectivity index is 2.05. The predicted molar refractivity (Wildman–Crippen MR) is 84.7 cm³/mol. The average Bonchev–Trinajstić information content (AvgIpc) is 2.81. The lowest BCUT2D eigenvalue weighted by Gasteiger charge is -2.07. The maximum Gasteiger partial charge on any atom is 0.331 e. The lowest BCUT2D eigenvalue weighted by Crippen LogP contribution is -2.14. The van der Waals surface area contributed by atoms with Crippen LogP contribution in [0.15, 0.2) is 47.3 Å². The molecule has 5 heteroatoms. The van der Waals surface area contributed by atoms with E-state index in [0.29, 0.717) is 11.6 Å². The zero-order chi connectivity index (χ0) is 14.8. The van der Waals surface area contributed by atoms with E-state index in [2.05, 4.69) is 11.9 Å². The summed E-state index contributed by atoms with van der Waals surface area (Å²) in [5.41, 5.74) is 2.11. The van der Waals surface area contributed by atoms with Gasteiger partial charge < -0.3 is 9.72 Å². The number of nitrogens with zero attached hydrogens (tertiary/aromatic N) is 1. The van der Waals surface area contributed by atoms with Gasteiger partial charge in [-0.2, -0.15) is 0 Å². The number of benzene rings is 2. The van der Waals surface area contributed by atoms with Crippen molar-refractivity contribution in [3.8, 4) is 11.4 Å². The molecule has 2 aromatic carbocycles. The first-order valence-electron chi connectivity index (χ1n) is 6.82. The quantitative estimate of drug-likeness (QED) is 0.797. The minimum atomic E-state index is -0.186. The van der Waals surface area contributed by atoms with E-state index >= 15 is 0 Å². The van der Waals surface area contributed by atoms with Gasteiger partial charge in [-0.25, -0.2) is 4.79 Å². The maximum absolute atomic E-state index is 12.1. The summed E-state index contributed by atoms with van der Waals surface area (Å²) in [6, 6.07) is 12.8. The number of hydrogen-bond donors (Lipinski definition) is 1. The normalized spacial score (nSPS) is 11.0. The molecule has 0 radical (unpaired) electrons. The van der Waals surface area contributed by atoms with Crippen LogP contribution >= 0.6 is 11.6 Å². The molecule has 1 N–H and O–H groups in total. The molecule has 3 aromatic rings. The van der Waals surface area contributed by atoms with Crippen molar-refractivity contribution < 1.29 is 4.74 Å². The van der Waals surface area contributed by atoms with Gasteiger partial charge in [0.25, 0.3) is 0 Å². The van der Waals surface area contributed by atoms with Crippen LogP contribution in [0.2, 0.25) is 5.02 Å². The van der Waals surface area contributed by atoms with Crippen LogP contribution in [0.25, 0.3) is 16.7 Å². The second-order valence-corrected chi connectivity index (χ2v) is 5.21. The van der Waals surface area contributed by atoms with Gasteiger partial charge in [0.1, 0.15) is 5.75 Å². The van der Waals surface area contributed by atoms with Crippen molar-refractivity contribution in [2.45, 2.75) is 13.3 Å². The molecular formula is C16H15ClN2O2. The van der Waals surface area contributed by atoms with E-state index in [4.69, 9.17) is 16.3 Å². The molecule has 1 heterocycles. The molecule has 0 aliphatic carbocycles. The number of aromatic nitrogens is 2. The van der Waals surface area contributed by atoms with E-state index in [1.807, 2.05) is 24.3 Å². The first kappa shape index (κ1) is 13.8. The minimum Gasteiger partial charge on any atom is -0.494 e. The van der Waals surface area contributed by atoms with Gasteiger partial charge in [0, 0.05) is 5.02 Å². The molecule has 0 aliphatic rings. The van der Waals surface area contributed by atoms with E-state index < -0.39 is 0 Å². The van der Waals surface area contributed by atoms with Crippen molar-refractivity contribution in [2.75, 3.05) is 6.61 Å². The Labute approximate surface area is 126 Å². The van der Waals surface area contributed by atoms with E-state index in [-0.39, 0.29) is 5.69 Å². The first-order valence-corrected chi connectivity index (χ1v) is 7.20. The van der Waals surface area contributed by atoms with E-state index in [0.717, 1.165) is 28.9 Å². The standard InChI is InChI=1S/C16H15ClN2O2/c1-2-9-21-13-6-4-12(5-7-13)19-15-10-11(17)3-8-14(15)18-16(19)20/h3-8,10H,2,9H2,1H3,(H,18,20). The molecule has 0 spiro atoms. The summed E-state index contributed by atoms with van der Waals surface area (Å²) >= 11 is 6.02. The number of ether oxygens (including phenoxy) is 1. The molecular weight excluding hydrogens is 288 g/mol. The molecule has 21 heavy (non-hydrogen) atoms. The fraction of sp³-hybridized carbons (Fsp3) is 0.188. The molecule has 0 unspecified atom stereocenters. The SMILES string of the molecule is CCCOc1ccc(-n2c(=O)[nH]c3ccc(Cl)cc32)cc1. The highest BCUT2D eigenvalue weighted by molar-refractivity contribution is 6.31. The summed E-state index contributed by atoms with van der Waals surface area (Å²) < 4.78 is 7.15. The molecule has 4 nitrogen and oxygen atoms in total. The van der Waals surface area contributed by atoms with Crippen molar-refractivity contribution in [3.63, 3.8) is 0 Å². The molecule has 0 fully saturated rings. The maximum atomic E-state index is 12.1. The number of H-pyrrole nitrogens is 1. The average molecular weight is 303 g/mol. The summed E-state index contributed by atoms with van der Waals surface area (Å²) in [5, 5.41) is 0.596. The zero-order valence-corrected chi connectivity index (χ0v) is 12.4. The number of nitrogens with one attached hydrogen (secondary N) is 1. The molecule has 3 rings (SSSR count). The Morgan fingerprint density at radius 2 is 1.95 bits per heavy atom. The van der Waals surface area contributed by atoms with Gasteiger partial charge in [0.2, 0.25) is 0 Å². The largest absolute Gasteiger partial charge is 0.494 e. The molecule has 1 aromatic heterocycles. The molecule has 108 valence electrons. The van der Waals surface area contributed by atoms with Crippen LogP contribution < -0.4 is 10.4 Å².